The van der Waals surface area contributed by atoms with Crippen molar-refractivity contribution in [2.75, 3.05) is 19.5 Å². The van der Waals surface area contributed by atoms with Crippen LogP contribution in [0.4, 0.5) is 5.95 Å². The van der Waals surface area contributed by atoms with E-state index in [1.54, 1.807) is 29.3 Å². The zero-order valence-electron chi connectivity index (χ0n) is 18.9. The van der Waals surface area contributed by atoms with Gasteiger partial charge >= 0.3 is 0 Å². The maximum absolute atomic E-state index is 12.2. The molecule has 10 heteroatoms. The second-order valence-corrected chi connectivity index (χ2v) is 8.75. The molecule has 4 aromatic heterocycles. The van der Waals surface area contributed by atoms with Gasteiger partial charge in [0.25, 0.3) is 5.91 Å². The van der Waals surface area contributed by atoms with E-state index in [4.69, 9.17) is 4.74 Å². The van der Waals surface area contributed by atoms with Gasteiger partial charge in [-0.15, -0.1) is 5.10 Å². The summed E-state index contributed by atoms with van der Waals surface area (Å²) in [4.78, 5) is 21.1. The quantitative estimate of drug-likeness (QED) is 0.428. The van der Waals surface area contributed by atoms with E-state index in [1.165, 1.54) is 0 Å². The Morgan fingerprint density at radius 1 is 1.27 bits per heavy atom. The van der Waals surface area contributed by atoms with Gasteiger partial charge in [-0.25, -0.2) is 9.50 Å². The number of carbonyl (C=O) groups excluding carboxylic acids is 1. The number of nitrogens with zero attached hydrogens (tertiary/aromatic N) is 5. The molecule has 1 aliphatic carbocycles. The molecule has 1 aliphatic rings. The monoisotopic (exact) mass is 449 g/mol. The molecule has 5 rings (SSSR count). The van der Waals surface area contributed by atoms with Crippen molar-refractivity contribution in [3.63, 3.8) is 0 Å². The smallest absolute Gasteiger partial charge is 0.269 e. The fourth-order valence-corrected chi connectivity index (χ4v) is 4.43. The summed E-state index contributed by atoms with van der Waals surface area (Å²) in [5.74, 6) is 0.731. The molecule has 0 atom stereocenters. The number of rotatable bonds is 5. The first-order valence-electron chi connectivity index (χ1n) is 11.0. The molecule has 33 heavy (non-hydrogen) atoms. The van der Waals surface area contributed by atoms with E-state index < -0.39 is 5.60 Å². The Hall–Kier alpha value is -3.66. The van der Waals surface area contributed by atoms with Crippen LogP contribution in [-0.2, 0) is 0 Å². The maximum Gasteiger partial charge on any atom is 0.269 e. The van der Waals surface area contributed by atoms with Crippen LogP contribution in [0, 0.1) is 0 Å². The van der Waals surface area contributed by atoms with E-state index in [0.29, 0.717) is 23.2 Å². The number of hydrogen-bond acceptors (Lipinski definition) is 7. The molecule has 1 amide bonds. The van der Waals surface area contributed by atoms with Gasteiger partial charge in [-0.1, -0.05) is 0 Å². The maximum atomic E-state index is 12.2. The Balaban J connectivity index is 1.51. The summed E-state index contributed by atoms with van der Waals surface area (Å²) in [5.41, 5.74) is 3.04. The average molecular weight is 450 g/mol. The van der Waals surface area contributed by atoms with Crippen LogP contribution >= 0.6 is 0 Å². The molecule has 0 aliphatic heterocycles. The van der Waals surface area contributed by atoms with Crippen LogP contribution < -0.4 is 15.4 Å². The molecule has 0 spiro atoms. The molecule has 1 fully saturated rings. The van der Waals surface area contributed by atoms with Crippen molar-refractivity contribution in [2.45, 2.75) is 44.2 Å². The van der Waals surface area contributed by atoms with Gasteiger partial charge in [0.05, 0.1) is 18.9 Å². The van der Waals surface area contributed by atoms with Gasteiger partial charge in [0.1, 0.15) is 16.9 Å². The third-order valence-corrected chi connectivity index (χ3v) is 6.34. The molecule has 0 saturated heterocycles. The predicted octanol–water partition coefficient (Wildman–Crippen LogP) is 2.52. The van der Waals surface area contributed by atoms with Crippen LogP contribution in [0.15, 0.2) is 36.8 Å². The Kier molecular flexibility index (Phi) is 5.16. The number of hydrogen-bond donors (Lipinski definition) is 3. The summed E-state index contributed by atoms with van der Waals surface area (Å²) in [7, 11) is 3.18. The van der Waals surface area contributed by atoms with Crippen molar-refractivity contribution in [3.8, 4) is 17.0 Å². The molecule has 4 aromatic rings. The number of aromatic nitrogens is 5. The highest BCUT2D eigenvalue weighted by molar-refractivity contribution is 5.93. The van der Waals surface area contributed by atoms with Gasteiger partial charge in [0, 0.05) is 36.6 Å². The minimum atomic E-state index is -0.593. The van der Waals surface area contributed by atoms with Crippen LogP contribution in [0.25, 0.3) is 22.3 Å². The highest BCUT2D eigenvalue weighted by atomic mass is 16.5. The van der Waals surface area contributed by atoms with Crippen molar-refractivity contribution >= 4 is 23.0 Å². The van der Waals surface area contributed by atoms with E-state index in [1.807, 2.05) is 37.5 Å². The molecule has 10 nitrogen and oxygen atoms in total. The van der Waals surface area contributed by atoms with Crippen molar-refractivity contribution in [2.24, 2.45) is 0 Å². The van der Waals surface area contributed by atoms with Gasteiger partial charge < -0.3 is 20.5 Å². The van der Waals surface area contributed by atoms with Gasteiger partial charge in [-0.3, -0.25) is 9.20 Å². The SMILES string of the molecule is CNC(=O)c1cnc2ccc(-c3ccn4nc(NC5CCC(C)(O)CC5)nc(OC)c34)cn12. The first-order chi connectivity index (χ1) is 15.9. The minimum absolute atomic E-state index is 0.203. The van der Waals surface area contributed by atoms with Gasteiger partial charge in [-0.05, 0) is 50.8 Å². The topological polar surface area (TPSA) is 118 Å². The fourth-order valence-electron chi connectivity index (χ4n) is 4.43. The van der Waals surface area contributed by atoms with E-state index in [2.05, 4.69) is 25.7 Å². The highest BCUT2D eigenvalue weighted by Gasteiger charge is 2.29. The Bertz CT molecular complexity index is 1330. The number of nitrogens with one attached hydrogen (secondary N) is 2. The lowest BCUT2D eigenvalue weighted by atomic mass is 9.84. The molecule has 0 bridgehead atoms. The predicted molar refractivity (Wildman–Crippen MR) is 124 cm³/mol. The van der Waals surface area contributed by atoms with E-state index in [9.17, 15) is 9.90 Å². The molecule has 3 N–H and O–H groups in total. The Labute approximate surface area is 190 Å². The number of pyridine rings is 1. The van der Waals surface area contributed by atoms with Crippen molar-refractivity contribution in [1.29, 1.82) is 0 Å². The molecule has 4 heterocycles. The van der Waals surface area contributed by atoms with Gasteiger partial charge in [0.2, 0.25) is 11.8 Å². The van der Waals surface area contributed by atoms with Crippen LogP contribution in [0.3, 0.4) is 0 Å². The second kappa shape index (κ2) is 8.04. The Morgan fingerprint density at radius 3 is 2.79 bits per heavy atom. The largest absolute Gasteiger partial charge is 0.479 e. The van der Waals surface area contributed by atoms with Crippen molar-refractivity contribution in [3.05, 3.63) is 42.5 Å². The first kappa shape index (κ1) is 21.2. The van der Waals surface area contributed by atoms with Gasteiger partial charge in [-0.2, -0.15) is 4.98 Å². The second-order valence-electron chi connectivity index (χ2n) is 8.75. The molecule has 0 unspecified atom stereocenters. The normalized spacial score (nSPS) is 20.8. The molecule has 1 saturated carbocycles. The van der Waals surface area contributed by atoms with Crippen LogP contribution in [0.1, 0.15) is 43.1 Å². The zero-order valence-corrected chi connectivity index (χ0v) is 18.9. The summed E-state index contributed by atoms with van der Waals surface area (Å²) in [6.45, 7) is 1.88. The highest BCUT2D eigenvalue weighted by Crippen LogP contribution is 2.33. The third-order valence-electron chi connectivity index (χ3n) is 6.34. The molecular formula is C23H27N7O3. The number of ether oxygens (including phenoxy) is 1. The van der Waals surface area contributed by atoms with Crippen LogP contribution in [-0.4, -0.2) is 60.8 Å². The molecule has 0 aromatic carbocycles. The minimum Gasteiger partial charge on any atom is -0.479 e. The zero-order chi connectivity index (χ0) is 23.2. The molecular weight excluding hydrogens is 422 g/mol. The van der Waals surface area contributed by atoms with Crippen LogP contribution in [0.2, 0.25) is 0 Å². The fraction of sp³-hybridized carbons (Fsp3) is 0.391. The molecule has 0 radical (unpaired) electrons. The van der Waals surface area contributed by atoms with Crippen LogP contribution in [0.5, 0.6) is 5.88 Å². The number of imidazole rings is 1. The lowest BCUT2D eigenvalue weighted by Crippen LogP contribution is -2.36. The van der Waals surface area contributed by atoms with E-state index in [0.717, 1.165) is 42.3 Å². The summed E-state index contributed by atoms with van der Waals surface area (Å²) in [5, 5.41) is 20.9. The summed E-state index contributed by atoms with van der Waals surface area (Å²) in [6, 6.07) is 5.97. The summed E-state index contributed by atoms with van der Waals surface area (Å²) >= 11 is 0. The van der Waals surface area contributed by atoms with E-state index in [-0.39, 0.29) is 11.9 Å². The average Bonchev–Trinajstić information content (AvgIpc) is 3.43. The summed E-state index contributed by atoms with van der Waals surface area (Å²) in [6.07, 6.45) is 8.49. The van der Waals surface area contributed by atoms with Crippen molar-refractivity contribution in [1.82, 2.24) is 29.3 Å². The number of carbonyl (C=O) groups is 1. The molecule has 172 valence electrons. The number of anilines is 1. The number of aliphatic hydroxyl groups is 1. The number of fused-ring (bicyclic) bond motifs is 2. The van der Waals surface area contributed by atoms with Crippen molar-refractivity contribution < 1.29 is 14.6 Å². The lowest BCUT2D eigenvalue weighted by molar-refractivity contribution is 0.0195. The first-order valence-corrected chi connectivity index (χ1v) is 11.0. The Morgan fingerprint density at radius 2 is 2.06 bits per heavy atom. The lowest BCUT2D eigenvalue weighted by Gasteiger charge is -2.33. The third kappa shape index (κ3) is 3.86. The number of amides is 1. The van der Waals surface area contributed by atoms with Gasteiger partial charge in [0.15, 0.2) is 0 Å². The summed E-state index contributed by atoms with van der Waals surface area (Å²) < 4.78 is 9.14. The van der Waals surface area contributed by atoms with E-state index >= 15 is 0 Å². The number of methoxy groups -OCH3 is 1. The standard InChI is InChI=1S/C23H27N7O3/c1-23(32)9-6-15(7-10-23)26-22-27-21(33-3)19-16(8-11-30(19)28-22)14-4-5-18-25-12-17(20(31)24-2)29(18)13-14/h4-5,8,11-13,15,32H,6-7,9-10H2,1-3H3,(H,24,31)(H,26,28).